The quantitative estimate of drug-likeness (QED) is 0.465. The molecule has 1 heterocycles. The van der Waals surface area contributed by atoms with E-state index in [4.69, 9.17) is 5.73 Å². The number of hydrogen-bond acceptors (Lipinski definition) is 4. The molecule has 1 fully saturated rings. The van der Waals surface area contributed by atoms with Gasteiger partial charge in [0.05, 0.1) is 4.92 Å². The van der Waals surface area contributed by atoms with Crippen LogP contribution in [0.3, 0.4) is 0 Å². The number of rotatable bonds is 3. The highest BCUT2D eigenvalue weighted by Gasteiger charge is 2.26. The molecule has 6 heteroatoms. The third kappa shape index (κ3) is 1.69. The van der Waals surface area contributed by atoms with Crippen LogP contribution in [0.2, 0.25) is 0 Å². The van der Waals surface area contributed by atoms with Crippen LogP contribution in [0.25, 0.3) is 0 Å². The lowest BCUT2D eigenvalue weighted by molar-refractivity contribution is -0.385. The minimum atomic E-state index is -0.769. The summed E-state index contributed by atoms with van der Waals surface area (Å²) in [4.78, 5) is 23.3. The Morgan fingerprint density at radius 2 is 2.12 bits per heavy atom. The zero-order valence-electron chi connectivity index (χ0n) is 8.77. The van der Waals surface area contributed by atoms with E-state index in [0.717, 1.165) is 24.3 Å². The monoisotopic (exact) mass is 221 g/mol. The second-order valence-electron chi connectivity index (χ2n) is 3.76. The maximum atomic E-state index is 11.1. The maximum absolute atomic E-state index is 11.1. The fourth-order valence-electron chi connectivity index (χ4n) is 1.66. The van der Waals surface area contributed by atoms with Crippen LogP contribution in [0, 0.1) is 17.0 Å². The van der Waals surface area contributed by atoms with Crippen molar-refractivity contribution in [2.45, 2.75) is 6.92 Å². The molecule has 6 nitrogen and oxygen atoms in total. The molecule has 0 atom stereocenters. The predicted molar refractivity (Wildman–Crippen MR) is 58.6 cm³/mol. The molecule has 1 aromatic carbocycles. The van der Waals surface area contributed by atoms with Gasteiger partial charge in [0.2, 0.25) is 0 Å². The minimum Gasteiger partial charge on any atom is -0.368 e. The minimum absolute atomic E-state index is 0.0301. The van der Waals surface area contributed by atoms with Crippen molar-refractivity contribution < 1.29 is 9.72 Å². The van der Waals surface area contributed by atoms with Gasteiger partial charge in [-0.2, -0.15) is 0 Å². The Morgan fingerprint density at radius 3 is 2.56 bits per heavy atom. The first-order valence-corrected chi connectivity index (χ1v) is 4.84. The average molecular weight is 221 g/mol. The van der Waals surface area contributed by atoms with Crippen LogP contribution in [0.5, 0.6) is 0 Å². The Kier molecular flexibility index (Phi) is 2.26. The summed E-state index contributed by atoms with van der Waals surface area (Å²) in [5.41, 5.74) is 6.51. The summed E-state index contributed by atoms with van der Waals surface area (Å²) in [7, 11) is 0. The molecule has 0 bridgehead atoms. The number of anilines is 1. The van der Waals surface area contributed by atoms with Crippen molar-refractivity contribution in [1.82, 2.24) is 0 Å². The maximum Gasteiger partial charge on any atom is 0.282 e. The van der Waals surface area contributed by atoms with Crippen LogP contribution >= 0.6 is 0 Å². The summed E-state index contributed by atoms with van der Waals surface area (Å²) >= 11 is 0. The number of carbonyl (C=O) groups is 1. The van der Waals surface area contributed by atoms with Gasteiger partial charge in [0.25, 0.3) is 11.6 Å². The van der Waals surface area contributed by atoms with Gasteiger partial charge in [-0.05, 0) is 18.6 Å². The first-order chi connectivity index (χ1) is 7.50. The van der Waals surface area contributed by atoms with E-state index in [-0.39, 0.29) is 11.3 Å². The van der Waals surface area contributed by atoms with Crippen molar-refractivity contribution in [2.24, 2.45) is 5.73 Å². The Labute approximate surface area is 91.8 Å². The highest BCUT2D eigenvalue weighted by molar-refractivity contribution is 5.98. The van der Waals surface area contributed by atoms with Crippen LogP contribution in [0.1, 0.15) is 15.9 Å². The molecule has 0 saturated carbocycles. The molecule has 84 valence electrons. The molecule has 2 N–H and O–H groups in total. The average Bonchev–Trinajstić information content (AvgIpc) is 3.00. The van der Waals surface area contributed by atoms with E-state index in [1.54, 1.807) is 6.92 Å². The van der Waals surface area contributed by atoms with E-state index >= 15 is 0 Å². The van der Waals surface area contributed by atoms with Gasteiger partial charge in [0.15, 0.2) is 0 Å². The molecule has 0 aromatic heterocycles. The first kappa shape index (κ1) is 10.4. The number of nitro groups is 1. The Hall–Kier alpha value is -2.11. The summed E-state index contributed by atoms with van der Waals surface area (Å²) in [6.45, 7) is 3.61. The van der Waals surface area contributed by atoms with Crippen molar-refractivity contribution in [3.05, 3.63) is 33.4 Å². The van der Waals surface area contributed by atoms with Gasteiger partial charge in [-0.3, -0.25) is 14.9 Å². The van der Waals surface area contributed by atoms with E-state index in [0.29, 0.717) is 0 Å². The second-order valence-corrected chi connectivity index (χ2v) is 3.76. The third-order valence-corrected chi connectivity index (χ3v) is 2.56. The zero-order chi connectivity index (χ0) is 11.9. The molecule has 1 aromatic rings. The van der Waals surface area contributed by atoms with Crippen LogP contribution in [-0.4, -0.2) is 23.9 Å². The number of carbonyl (C=O) groups excluding carboxylic acids is 1. The van der Waals surface area contributed by atoms with Gasteiger partial charge in [-0.15, -0.1) is 0 Å². The molecule has 1 aliphatic heterocycles. The summed E-state index contributed by atoms with van der Waals surface area (Å²) in [6, 6.07) is 2.90. The van der Waals surface area contributed by atoms with E-state index in [1.165, 1.54) is 12.1 Å². The smallest absolute Gasteiger partial charge is 0.282 e. The lowest BCUT2D eigenvalue weighted by Crippen LogP contribution is -2.14. The van der Waals surface area contributed by atoms with Crippen molar-refractivity contribution >= 4 is 17.3 Å². The fourth-order valence-corrected chi connectivity index (χ4v) is 1.66. The fraction of sp³-hybridized carbons (Fsp3) is 0.300. The van der Waals surface area contributed by atoms with Crippen molar-refractivity contribution in [3.8, 4) is 0 Å². The second kappa shape index (κ2) is 3.48. The molecule has 0 spiro atoms. The van der Waals surface area contributed by atoms with E-state index in [9.17, 15) is 14.9 Å². The Morgan fingerprint density at radius 1 is 1.50 bits per heavy atom. The van der Waals surface area contributed by atoms with Gasteiger partial charge in [0.1, 0.15) is 5.56 Å². The molecule has 2 rings (SSSR count). The number of primary amides is 1. The van der Waals surface area contributed by atoms with Gasteiger partial charge >= 0.3 is 0 Å². The third-order valence-electron chi connectivity index (χ3n) is 2.56. The molecular weight excluding hydrogens is 210 g/mol. The molecule has 0 unspecified atom stereocenters. The number of aryl methyl sites for hydroxylation is 1. The number of nitrogens with two attached hydrogens (primary N) is 1. The largest absolute Gasteiger partial charge is 0.368 e. The standard InChI is InChI=1S/C10H11N3O3/c1-6-4-9(13(15)16)7(10(11)14)5-8(6)12-2-3-12/h4-5H,2-3H2,1H3,(H2,11,14). The Bertz CT molecular complexity index is 480. The number of nitro benzene ring substituents is 1. The van der Waals surface area contributed by atoms with Crippen molar-refractivity contribution in [1.29, 1.82) is 0 Å². The topological polar surface area (TPSA) is 89.2 Å². The zero-order valence-corrected chi connectivity index (χ0v) is 8.77. The lowest BCUT2D eigenvalue weighted by Gasteiger charge is -2.09. The first-order valence-electron chi connectivity index (χ1n) is 4.84. The van der Waals surface area contributed by atoms with Crippen LogP contribution in [0.4, 0.5) is 11.4 Å². The molecular formula is C10H11N3O3. The van der Waals surface area contributed by atoms with Gasteiger partial charge in [0, 0.05) is 24.8 Å². The summed E-state index contributed by atoms with van der Waals surface area (Å²) in [5, 5.41) is 10.8. The van der Waals surface area contributed by atoms with Gasteiger partial charge in [-0.1, -0.05) is 0 Å². The normalized spacial score (nSPS) is 13.7. The van der Waals surface area contributed by atoms with Crippen LogP contribution < -0.4 is 10.6 Å². The molecule has 1 amide bonds. The SMILES string of the molecule is Cc1cc([N+](=O)[O-])c(C(N)=O)cc1N1CC1. The van der Waals surface area contributed by atoms with Gasteiger partial charge in [-0.25, -0.2) is 0 Å². The highest BCUT2D eigenvalue weighted by atomic mass is 16.6. The number of amides is 1. The van der Waals surface area contributed by atoms with Crippen molar-refractivity contribution in [2.75, 3.05) is 18.0 Å². The highest BCUT2D eigenvalue weighted by Crippen LogP contribution is 2.31. The molecule has 0 radical (unpaired) electrons. The van der Waals surface area contributed by atoms with Crippen LogP contribution in [-0.2, 0) is 0 Å². The molecule has 0 aliphatic carbocycles. The van der Waals surface area contributed by atoms with E-state index in [2.05, 4.69) is 0 Å². The summed E-state index contributed by atoms with van der Waals surface area (Å²) in [5.74, 6) is -0.769. The lowest BCUT2D eigenvalue weighted by atomic mass is 10.1. The van der Waals surface area contributed by atoms with Gasteiger partial charge < -0.3 is 10.6 Å². The predicted octanol–water partition coefficient (Wildman–Crippen LogP) is 0.822. The number of benzene rings is 1. The number of hydrogen-bond donors (Lipinski definition) is 1. The summed E-state index contributed by atoms with van der Waals surface area (Å²) < 4.78 is 0. The van der Waals surface area contributed by atoms with Crippen LogP contribution in [0.15, 0.2) is 12.1 Å². The van der Waals surface area contributed by atoms with E-state index < -0.39 is 10.8 Å². The number of nitrogens with zero attached hydrogens (tertiary/aromatic N) is 2. The Balaban J connectivity index is 2.58. The molecule has 1 aliphatic rings. The molecule has 1 saturated heterocycles. The summed E-state index contributed by atoms with van der Waals surface area (Å²) in [6.07, 6.45) is 0. The van der Waals surface area contributed by atoms with E-state index in [1.807, 2.05) is 4.90 Å². The van der Waals surface area contributed by atoms with Crippen molar-refractivity contribution in [3.63, 3.8) is 0 Å². The molecule has 16 heavy (non-hydrogen) atoms.